The molecule has 0 radical (unpaired) electrons. The maximum Gasteiger partial charge on any atom is 0.212 e. The van der Waals surface area contributed by atoms with E-state index < -0.39 is 0 Å². The molecule has 1 aliphatic heterocycles. The van der Waals surface area contributed by atoms with Gasteiger partial charge in [-0.2, -0.15) is 0 Å². The summed E-state index contributed by atoms with van der Waals surface area (Å²) < 4.78 is 5.34. The molecule has 3 rings (SSSR count). The smallest absolute Gasteiger partial charge is 0.212 e. The van der Waals surface area contributed by atoms with Crippen molar-refractivity contribution in [2.45, 2.75) is 12.3 Å². The Morgan fingerprint density at radius 1 is 1.44 bits per heavy atom. The Morgan fingerprint density at radius 3 is 3.11 bits per heavy atom. The summed E-state index contributed by atoms with van der Waals surface area (Å²) in [5.41, 5.74) is 12.3. The van der Waals surface area contributed by atoms with E-state index in [-0.39, 0.29) is 17.7 Å². The van der Waals surface area contributed by atoms with Crippen molar-refractivity contribution in [3.05, 3.63) is 47.7 Å². The first-order valence-corrected chi connectivity index (χ1v) is 5.58. The van der Waals surface area contributed by atoms with E-state index in [1.165, 1.54) is 6.20 Å². The van der Waals surface area contributed by atoms with Gasteiger partial charge in [0.2, 0.25) is 5.96 Å². The Kier molecular flexibility index (Phi) is 2.40. The van der Waals surface area contributed by atoms with E-state index in [9.17, 15) is 4.79 Å². The van der Waals surface area contributed by atoms with Crippen LogP contribution in [0.1, 0.15) is 18.1 Å². The van der Waals surface area contributed by atoms with Crippen LogP contribution in [0.15, 0.2) is 51.4 Å². The van der Waals surface area contributed by atoms with Crippen molar-refractivity contribution >= 4 is 11.7 Å². The Hall–Kier alpha value is -2.50. The molecule has 6 nitrogen and oxygen atoms in total. The van der Waals surface area contributed by atoms with Crippen LogP contribution in [0.5, 0.6) is 0 Å². The van der Waals surface area contributed by atoms with E-state index in [1.807, 2.05) is 18.2 Å². The molecule has 0 saturated carbocycles. The molecule has 1 aliphatic carbocycles. The van der Waals surface area contributed by atoms with Crippen LogP contribution >= 0.6 is 0 Å². The molecule has 0 saturated heterocycles. The molecule has 1 atom stereocenters. The number of Topliss-reactive ketones (excluding diaryl/α,β-unsaturated/α-hetero) is 1. The number of guanidine groups is 1. The number of aliphatic imine (C=N–C) groups is 1. The number of nitrogens with two attached hydrogens (primary N) is 1. The number of ketones is 1. The molecule has 0 spiro atoms. The lowest BCUT2D eigenvalue weighted by atomic mass is 9.88. The number of nitrogens with one attached hydrogen (secondary N) is 2. The molecule has 0 amide bonds. The molecular weight excluding hydrogens is 232 g/mol. The second kappa shape index (κ2) is 4.06. The van der Waals surface area contributed by atoms with Crippen LogP contribution in [-0.2, 0) is 4.79 Å². The molecular formula is C12H12N4O2. The number of furan rings is 1. The number of carbonyl (C=O) groups is 1. The molecule has 1 aromatic heterocycles. The summed E-state index contributed by atoms with van der Waals surface area (Å²) in [6.07, 6.45) is 5.39. The van der Waals surface area contributed by atoms with Gasteiger partial charge in [0.15, 0.2) is 5.78 Å². The number of hydrogen-bond acceptors (Lipinski definition) is 6. The second-order valence-corrected chi connectivity index (χ2v) is 4.14. The lowest BCUT2D eigenvalue weighted by molar-refractivity contribution is -0.115. The Labute approximate surface area is 103 Å². The average molecular weight is 244 g/mol. The predicted molar refractivity (Wildman–Crippen MR) is 65.1 cm³/mol. The standard InChI is InChI=1S/C12H12N4O2/c13-12-14-6-8-9(15-16-12)4-7(5-10(8)17)11-2-1-3-18-11/h1-4,6-7,15H,5H2,(H3,13,14,16)/t7-/m0/s1. The van der Waals surface area contributed by atoms with Crippen LogP contribution in [0.25, 0.3) is 0 Å². The van der Waals surface area contributed by atoms with E-state index in [4.69, 9.17) is 10.2 Å². The number of hydrogen-bond donors (Lipinski definition) is 3. The van der Waals surface area contributed by atoms with Crippen LogP contribution in [0, 0.1) is 0 Å². The third-order valence-corrected chi connectivity index (χ3v) is 2.93. The average Bonchev–Trinajstić information content (AvgIpc) is 2.82. The summed E-state index contributed by atoms with van der Waals surface area (Å²) in [4.78, 5) is 16.0. The Morgan fingerprint density at radius 2 is 2.33 bits per heavy atom. The molecule has 0 aromatic carbocycles. The highest BCUT2D eigenvalue weighted by Gasteiger charge is 2.28. The summed E-state index contributed by atoms with van der Waals surface area (Å²) in [5, 5.41) is 0. The van der Waals surface area contributed by atoms with Gasteiger partial charge in [-0.3, -0.25) is 15.6 Å². The molecule has 6 heteroatoms. The predicted octanol–water partition coefficient (Wildman–Crippen LogP) is 0.526. The van der Waals surface area contributed by atoms with Crippen molar-refractivity contribution in [3.63, 3.8) is 0 Å². The highest BCUT2D eigenvalue weighted by atomic mass is 16.3. The van der Waals surface area contributed by atoms with Crippen molar-refractivity contribution in [2.75, 3.05) is 0 Å². The summed E-state index contributed by atoms with van der Waals surface area (Å²) >= 11 is 0. The van der Waals surface area contributed by atoms with E-state index in [1.54, 1.807) is 6.26 Å². The fourth-order valence-electron chi connectivity index (χ4n) is 2.04. The molecule has 2 heterocycles. The molecule has 92 valence electrons. The van der Waals surface area contributed by atoms with Crippen LogP contribution in [0.3, 0.4) is 0 Å². The molecule has 0 fully saturated rings. The minimum atomic E-state index is -0.0618. The number of rotatable bonds is 1. The van der Waals surface area contributed by atoms with Crippen LogP contribution < -0.4 is 16.6 Å². The molecule has 0 unspecified atom stereocenters. The number of allylic oxidation sites excluding steroid dienone is 2. The quantitative estimate of drug-likeness (QED) is 0.670. The van der Waals surface area contributed by atoms with Gasteiger partial charge < -0.3 is 10.2 Å². The van der Waals surface area contributed by atoms with Gasteiger partial charge in [0.05, 0.1) is 17.5 Å². The maximum atomic E-state index is 12.1. The topological polar surface area (TPSA) is 92.7 Å². The van der Waals surface area contributed by atoms with Gasteiger partial charge in [-0.25, -0.2) is 4.99 Å². The number of nitrogens with zero attached hydrogens (tertiary/aromatic N) is 1. The van der Waals surface area contributed by atoms with Crippen LogP contribution in [0.4, 0.5) is 0 Å². The molecule has 18 heavy (non-hydrogen) atoms. The zero-order valence-electron chi connectivity index (χ0n) is 9.51. The van der Waals surface area contributed by atoms with Gasteiger partial charge in [-0.1, -0.05) is 0 Å². The summed E-state index contributed by atoms with van der Waals surface area (Å²) in [6, 6.07) is 3.67. The Bertz CT molecular complexity index is 569. The minimum Gasteiger partial charge on any atom is -0.469 e. The first-order valence-electron chi connectivity index (χ1n) is 5.58. The van der Waals surface area contributed by atoms with Gasteiger partial charge >= 0.3 is 0 Å². The summed E-state index contributed by atoms with van der Waals surface area (Å²) in [5.74, 6) is 0.949. The monoisotopic (exact) mass is 244 g/mol. The fraction of sp³-hybridized carbons (Fsp3) is 0.167. The van der Waals surface area contributed by atoms with Crippen molar-refractivity contribution in [1.82, 2.24) is 10.9 Å². The number of fused-ring (bicyclic) bond motifs is 1. The van der Waals surface area contributed by atoms with Crippen molar-refractivity contribution in [3.8, 4) is 0 Å². The third kappa shape index (κ3) is 1.77. The molecule has 4 N–H and O–H groups in total. The number of carbonyl (C=O) groups excluding carboxylic acids is 1. The fourth-order valence-corrected chi connectivity index (χ4v) is 2.04. The molecule has 2 aliphatic rings. The highest BCUT2D eigenvalue weighted by Crippen LogP contribution is 2.31. The zero-order valence-corrected chi connectivity index (χ0v) is 9.51. The largest absolute Gasteiger partial charge is 0.469 e. The lowest BCUT2D eigenvalue weighted by Crippen LogP contribution is -2.41. The zero-order chi connectivity index (χ0) is 12.5. The normalized spacial score (nSPS) is 22.8. The summed E-state index contributed by atoms with van der Waals surface area (Å²) in [6.45, 7) is 0. The van der Waals surface area contributed by atoms with Crippen molar-refractivity contribution in [2.24, 2.45) is 10.7 Å². The maximum absolute atomic E-state index is 12.1. The first-order chi connectivity index (χ1) is 8.74. The third-order valence-electron chi connectivity index (χ3n) is 2.93. The van der Waals surface area contributed by atoms with Gasteiger partial charge in [-0.15, -0.1) is 0 Å². The van der Waals surface area contributed by atoms with E-state index in [2.05, 4.69) is 15.8 Å². The van der Waals surface area contributed by atoms with Crippen LogP contribution in [0.2, 0.25) is 0 Å². The SMILES string of the molecule is NC1=NC=C2C(=O)C[C@@H](c3ccco3)C=C2NN1. The van der Waals surface area contributed by atoms with E-state index in [0.717, 1.165) is 5.76 Å². The Balaban J connectivity index is 1.97. The van der Waals surface area contributed by atoms with Gasteiger partial charge in [0.1, 0.15) is 5.76 Å². The van der Waals surface area contributed by atoms with E-state index >= 15 is 0 Å². The van der Waals surface area contributed by atoms with Crippen LogP contribution in [-0.4, -0.2) is 11.7 Å². The number of hydrazine groups is 1. The summed E-state index contributed by atoms with van der Waals surface area (Å²) in [7, 11) is 0. The molecule has 0 bridgehead atoms. The highest BCUT2D eigenvalue weighted by molar-refractivity contribution is 6.01. The van der Waals surface area contributed by atoms with Gasteiger partial charge in [-0.05, 0) is 18.2 Å². The second-order valence-electron chi connectivity index (χ2n) is 4.14. The van der Waals surface area contributed by atoms with Crippen molar-refractivity contribution < 1.29 is 9.21 Å². The van der Waals surface area contributed by atoms with Gasteiger partial charge in [0.25, 0.3) is 0 Å². The minimum absolute atomic E-state index is 0.0154. The molecule has 1 aromatic rings. The van der Waals surface area contributed by atoms with E-state index in [0.29, 0.717) is 17.7 Å². The lowest BCUT2D eigenvalue weighted by Gasteiger charge is -2.21. The van der Waals surface area contributed by atoms with Gasteiger partial charge in [0, 0.05) is 18.5 Å². The first kappa shape index (κ1) is 10.6. The van der Waals surface area contributed by atoms with Crippen molar-refractivity contribution in [1.29, 1.82) is 0 Å².